The van der Waals surface area contributed by atoms with E-state index in [1.165, 1.54) is 4.90 Å². The molecule has 2 heteroatoms. The van der Waals surface area contributed by atoms with Crippen molar-refractivity contribution in [2.45, 2.75) is 4.90 Å². The summed E-state index contributed by atoms with van der Waals surface area (Å²) in [7, 11) is 0. The van der Waals surface area contributed by atoms with E-state index in [0.29, 0.717) is 0 Å². The summed E-state index contributed by atoms with van der Waals surface area (Å²) in [4.78, 5) is 5.13. The summed E-state index contributed by atoms with van der Waals surface area (Å²) in [6.45, 7) is 3.72. The Labute approximate surface area is 59.5 Å². The van der Waals surface area contributed by atoms with Gasteiger partial charge in [0.05, 0.1) is 0 Å². The normalized spacial score (nSPS) is 9.44. The maximum atomic E-state index is 3.89. The predicted octanol–water partition coefficient (Wildman–Crippen LogP) is 2.01. The second-order valence-corrected chi connectivity index (χ2v) is 2.70. The zero-order chi connectivity index (χ0) is 6.53. The van der Waals surface area contributed by atoms with E-state index >= 15 is 0 Å². The standard InChI is InChI=1S/C7H8NS/c1-2-9-7-3-5-8-6-4-7/h3-6H,1-2H2. The molecule has 1 aromatic heterocycles. The van der Waals surface area contributed by atoms with Crippen LogP contribution in [0.25, 0.3) is 0 Å². The molecule has 0 unspecified atom stereocenters. The number of nitrogens with zero attached hydrogens (tertiary/aromatic N) is 1. The van der Waals surface area contributed by atoms with Gasteiger partial charge in [-0.1, -0.05) is 0 Å². The van der Waals surface area contributed by atoms with Gasteiger partial charge in [0, 0.05) is 17.3 Å². The van der Waals surface area contributed by atoms with Gasteiger partial charge in [-0.3, -0.25) is 4.98 Å². The van der Waals surface area contributed by atoms with Gasteiger partial charge in [0.15, 0.2) is 0 Å². The number of pyridine rings is 1. The van der Waals surface area contributed by atoms with E-state index in [1.54, 1.807) is 24.2 Å². The number of thioether (sulfide) groups is 1. The van der Waals surface area contributed by atoms with Gasteiger partial charge in [-0.25, -0.2) is 0 Å². The predicted molar refractivity (Wildman–Crippen MR) is 40.3 cm³/mol. The van der Waals surface area contributed by atoms with E-state index in [-0.39, 0.29) is 0 Å². The lowest BCUT2D eigenvalue weighted by atomic mass is 10.5. The summed E-state index contributed by atoms with van der Waals surface area (Å²) in [5, 5.41) is 0. The van der Waals surface area contributed by atoms with Gasteiger partial charge in [-0.05, 0) is 24.8 Å². The average Bonchev–Trinajstić information content (AvgIpc) is 1.91. The molecule has 0 saturated heterocycles. The summed E-state index contributed by atoms with van der Waals surface area (Å²) in [6.07, 6.45) is 3.58. The van der Waals surface area contributed by atoms with Crippen LogP contribution in [0.5, 0.6) is 0 Å². The molecule has 0 spiro atoms. The van der Waals surface area contributed by atoms with E-state index in [2.05, 4.69) is 11.9 Å². The fourth-order valence-electron chi connectivity index (χ4n) is 0.552. The second-order valence-electron chi connectivity index (χ2n) is 1.53. The van der Waals surface area contributed by atoms with Crippen LogP contribution >= 0.6 is 11.8 Å². The highest BCUT2D eigenvalue weighted by Crippen LogP contribution is 2.14. The lowest BCUT2D eigenvalue weighted by molar-refractivity contribution is 1.26. The van der Waals surface area contributed by atoms with E-state index in [9.17, 15) is 0 Å². The molecular weight excluding hydrogens is 130 g/mol. The van der Waals surface area contributed by atoms with E-state index in [1.807, 2.05) is 12.1 Å². The fraction of sp³-hybridized carbons (Fsp3) is 0.143. The first-order chi connectivity index (χ1) is 4.43. The molecule has 0 saturated carbocycles. The number of rotatable bonds is 2. The molecule has 0 aliphatic heterocycles. The minimum absolute atomic E-state index is 0.879. The molecule has 0 aromatic carbocycles. The molecular formula is C7H8NS. The highest BCUT2D eigenvalue weighted by Gasteiger charge is 1.85. The zero-order valence-electron chi connectivity index (χ0n) is 5.08. The van der Waals surface area contributed by atoms with Crippen molar-refractivity contribution in [3.63, 3.8) is 0 Å². The minimum atomic E-state index is 0.879. The van der Waals surface area contributed by atoms with Crippen molar-refractivity contribution in [2.75, 3.05) is 5.75 Å². The monoisotopic (exact) mass is 138 g/mol. The van der Waals surface area contributed by atoms with Crippen LogP contribution in [0, 0.1) is 6.92 Å². The quantitative estimate of drug-likeness (QED) is 0.580. The smallest absolute Gasteiger partial charge is 0.0278 e. The number of aromatic nitrogens is 1. The highest BCUT2D eigenvalue weighted by molar-refractivity contribution is 7.99. The Balaban J connectivity index is 2.61. The van der Waals surface area contributed by atoms with Crippen LogP contribution in [0.2, 0.25) is 0 Å². The van der Waals surface area contributed by atoms with Crippen molar-refractivity contribution in [1.29, 1.82) is 0 Å². The molecule has 0 aliphatic rings. The summed E-state index contributed by atoms with van der Waals surface area (Å²) < 4.78 is 0. The van der Waals surface area contributed by atoms with Crippen LogP contribution in [0.15, 0.2) is 29.4 Å². The Hall–Kier alpha value is -0.500. The lowest BCUT2D eigenvalue weighted by Crippen LogP contribution is -1.72. The Kier molecular flexibility index (Phi) is 2.58. The molecule has 0 bridgehead atoms. The van der Waals surface area contributed by atoms with Crippen molar-refractivity contribution in [2.24, 2.45) is 0 Å². The van der Waals surface area contributed by atoms with Gasteiger partial charge < -0.3 is 0 Å². The molecule has 1 radical (unpaired) electrons. The zero-order valence-corrected chi connectivity index (χ0v) is 5.90. The van der Waals surface area contributed by atoms with Gasteiger partial charge in [-0.2, -0.15) is 0 Å². The first-order valence-electron chi connectivity index (χ1n) is 2.75. The molecule has 1 heterocycles. The molecule has 0 aliphatic carbocycles. The van der Waals surface area contributed by atoms with Gasteiger partial charge in [0.25, 0.3) is 0 Å². The lowest BCUT2D eigenvalue weighted by Gasteiger charge is -1.92. The first kappa shape index (κ1) is 6.62. The Bertz CT molecular complexity index is 162. The van der Waals surface area contributed by atoms with Gasteiger partial charge >= 0.3 is 0 Å². The van der Waals surface area contributed by atoms with E-state index < -0.39 is 0 Å². The minimum Gasteiger partial charge on any atom is -0.265 e. The third-order valence-corrected chi connectivity index (χ3v) is 1.73. The Morgan fingerprint density at radius 1 is 1.44 bits per heavy atom. The van der Waals surface area contributed by atoms with Crippen molar-refractivity contribution in [3.05, 3.63) is 31.5 Å². The molecule has 1 nitrogen and oxygen atoms in total. The van der Waals surface area contributed by atoms with E-state index in [0.717, 1.165) is 5.75 Å². The number of hydrogen-bond donors (Lipinski definition) is 0. The molecule has 1 rings (SSSR count). The Morgan fingerprint density at radius 2 is 2.11 bits per heavy atom. The van der Waals surface area contributed by atoms with Gasteiger partial charge in [0.2, 0.25) is 0 Å². The van der Waals surface area contributed by atoms with Crippen molar-refractivity contribution in [1.82, 2.24) is 4.98 Å². The molecule has 0 atom stereocenters. The van der Waals surface area contributed by atoms with Crippen molar-refractivity contribution < 1.29 is 0 Å². The summed E-state index contributed by atoms with van der Waals surface area (Å²) in [6, 6.07) is 3.96. The topological polar surface area (TPSA) is 12.9 Å². The average molecular weight is 138 g/mol. The molecule has 0 amide bonds. The van der Waals surface area contributed by atoms with Crippen LogP contribution in [-0.2, 0) is 0 Å². The van der Waals surface area contributed by atoms with E-state index in [4.69, 9.17) is 0 Å². The maximum Gasteiger partial charge on any atom is 0.0278 e. The highest BCUT2D eigenvalue weighted by atomic mass is 32.2. The van der Waals surface area contributed by atoms with Crippen LogP contribution in [0.1, 0.15) is 0 Å². The second kappa shape index (κ2) is 3.51. The third-order valence-electron chi connectivity index (χ3n) is 0.918. The molecule has 0 N–H and O–H groups in total. The maximum absolute atomic E-state index is 3.89. The molecule has 47 valence electrons. The van der Waals surface area contributed by atoms with Crippen LogP contribution in [0.4, 0.5) is 0 Å². The van der Waals surface area contributed by atoms with Crippen molar-refractivity contribution in [3.8, 4) is 0 Å². The van der Waals surface area contributed by atoms with Gasteiger partial charge in [-0.15, -0.1) is 11.8 Å². The Morgan fingerprint density at radius 3 is 2.67 bits per heavy atom. The van der Waals surface area contributed by atoms with Crippen LogP contribution in [0.3, 0.4) is 0 Å². The molecule has 1 aromatic rings. The fourth-order valence-corrected chi connectivity index (χ4v) is 1.10. The van der Waals surface area contributed by atoms with Crippen LogP contribution < -0.4 is 0 Å². The summed E-state index contributed by atoms with van der Waals surface area (Å²) in [5.41, 5.74) is 0. The molecule has 0 fully saturated rings. The number of hydrogen-bond acceptors (Lipinski definition) is 2. The third kappa shape index (κ3) is 2.06. The largest absolute Gasteiger partial charge is 0.265 e. The summed E-state index contributed by atoms with van der Waals surface area (Å²) >= 11 is 1.72. The summed E-state index contributed by atoms with van der Waals surface area (Å²) in [5.74, 6) is 0.879. The van der Waals surface area contributed by atoms with Crippen LogP contribution in [-0.4, -0.2) is 10.7 Å². The van der Waals surface area contributed by atoms with Crippen molar-refractivity contribution >= 4 is 11.8 Å². The van der Waals surface area contributed by atoms with Gasteiger partial charge in [0.1, 0.15) is 0 Å². The first-order valence-corrected chi connectivity index (χ1v) is 3.74. The molecule has 9 heavy (non-hydrogen) atoms. The SMILES string of the molecule is [CH2]CSc1ccncc1.